The minimum absolute atomic E-state index is 0.0591. The molecular weight excluding hydrogens is 290 g/mol. The van der Waals surface area contributed by atoms with E-state index in [1.807, 2.05) is 0 Å². The zero-order valence-electron chi connectivity index (χ0n) is 11.3. The minimum Gasteiger partial charge on any atom is -0.459 e. The molecule has 1 aromatic carbocycles. The number of rotatable bonds is 6. The third kappa shape index (κ3) is 4.44. The van der Waals surface area contributed by atoms with Gasteiger partial charge in [-0.05, 0) is 37.7 Å². The summed E-state index contributed by atoms with van der Waals surface area (Å²) in [6, 6.07) is 5.52. The molecule has 0 aliphatic carbocycles. The van der Waals surface area contributed by atoms with E-state index in [2.05, 4.69) is 10.1 Å². The third-order valence-electron chi connectivity index (χ3n) is 3.01. The Hall–Kier alpha value is -1.60. The van der Waals surface area contributed by atoms with E-state index in [4.69, 9.17) is 4.42 Å². The number of ether oxygens (including phenoxy) is 1. The maximum absolute atomic E-state index is 13.1. The summed E-state index contributed by atoms with van der Waals surface area (Å²) in [5.74, 6) is 0.165. The van der Waals surface area contributed by atoms with Gasteiger partial charge in [-0.1, -0.05) is 0 Å². The van der Waals surface area contributed by atoms with Crippen LogP contribution in [0.4, 0.5) is 17.6 Å². The van der Waals surface area contributed by atoms with Crippen LogP contribution in [0.1, 0.15) is 18.2 Å². The highest BCUT2D eigenvalue weighted by Gasteiger charge is 2.27. The summed E-state index contributed by atoms with van der Waals surface area (Å²) in [7, 11) is 1.67. The molecule has 7 heteroatoms. The minimum atomic E-state index is -4.33. The molecule has 0 amide bonds. The number of halogens is 4. The van der Waals surface area contributed by atoms with Crippen molar-refractivity contribution >= 4 is 11.0 Å². The molecule has 0 spiro atoms. The van der Waals surface area contributed by atoms with Crippen LogP contribution in [0.3, 0.4) is 0 Å². The highest BCUT2D eigenvalue weighted by molar-refractivity contribution is 5.78. The summed E-state index contributed by atoms with van der Waals surface area (Å²) >= 11 is 0. The summed E-state index contributed by atoms with van der Waals surface area (Å²) in [5, 5.41) is 3.56. The van der Waals surface area contributed by atoms with Crippen LogP contribution in [0.2, 0.25) is 0 Å². The van der Waals surface area contributed by atoms with Crippen LogP contribution in [0.15, 0.2) is 28.7 Å². The van der Waals surface area contributed by atoms with E-state index in [0.29, 0.717) is 23.2 Å². The van der Waals surface area contributed by atoms with E-state index in [0.717, 1.165) is 0 Å². The number of hydrogen-bond acceptors (Lipinski definition) is 3. The molecule has 0 aliphatic rings. The second-order valence-corrected chi connectivity index (χ2v) is 4.63. The molecule has 1 unspecified atom stereocenters. The molecule has 0 radical (unpaired) electrons. The van der Waals surface area contributed by atoms with E-state index in [-0.39, 0.29) is 18.5 Å². The molecular formula is C14H15F4NO2. The first-order valence-electron chi connectivity index (χ1n) is 6.40. The monoisotopic (exact) mass is 305 g/mol. The Morgan fingerprint density at radius 1 is 1.29 bits per heavy atom. The zero-order chi connectivity index (χ0) is 15.5. The molecule has 1 aromatic heterocycles. The first-order valence-corrected chi connectivity index (χ1v) is 6.40. The molecule has 0 bridgehead atoms. The standard InChI is InChI=1S/C14H15F4NO2/c1-19-11(4-5-20-8-14(16,17)18)13-7-9-6-10(15)2-3-12(9)21-13/h2-3,6-7,11,19H,4-5,8H2,1H3. The average Bonchev–Trinajstić information content (AvgIpc) is 2.80. The van der Waals surface area contributed by atoms with Gasteiger partial charge in [0.2, 0.25) is 0 Å². The Morgan fingerprint density at radius 3 is 2.71 bits per heavy atom. The SMILES string of the molecule is CNC(CCOCC(F)(F)F)c1cc2cc(F)ccc2o1. The molecule has 116 valence electrons. The van der Waals surface area contributed by atoms with E-state index in [1.165, 1.54) is 18.2 Å². The van der Waals surface area contributed by atoms with Crippen molar-refractivity contribution in [3.05, 3.63) is 35.8 Å². The van der Waals surface area contributed by atoms with Gasteiger partial charge < -0.3 is 14.5 Å². The Labute approximate surface area is 118 Å². The second-order valence-electron chi connectivity index (χ2n) is 4.63. The van der Waals surface area contributed by atoms with Crippen molar-refractivity contribution in [1.29, 1.82) is 0 Å². The predicted octanol–water partition coefficient (Wildman–Crippen LogP) is 3.80. The van der Waals surface area contributed by atoms with Crippen LogP contribution in [0, 0.1) is 5.82 Å². The van der Waals surface area contributed by atoms with E-state index in [9.17, 15) is 17.6 Å². The molecule has 0 saturated carbocycles. The van der Waals surface area contributed by atoms with Gasteiger partial charge in [0.15, 0.2) is 0 Å². The van der Waals surface area contributed by atoms with Gasteiger partial charge in [0.05, 0.1) is 6.04 Å². The number of fused-ring (bicyclic) bond motifs is 1. The molecule has 2 rings (SSSR count). The van der Waals surface area contributed by atoms with Crippen molar-refractivity contribution in [2.24, 2.45) is 0 Å². The summed E-state index contributed by atoms with van der Waals surface area (Å²) in [5.41, 5.74) is 0.530. The zero-order valence-corrected chi connectivity index (χ0v) is 11.3. The highest BCUT2D eigenvalue weighted by Crippen LogP contribution is 2.26. The van der Waals surface area contributed by atoms with Crippen molar-refractivity contribution < 1.29 is 26.7 Å². The van der Waals surface area contributed by atoms with E-state index >= 15 is 0 Å². The van der Waals surface area contributed by atoms with E-state index in [1.54, 1.807) is 13.1 Å². The molecule has 0 fully saturated rings. The van der Waals surface area contributed by atoms with Gasteiger partial charge in [-0.25, -0.2) is 4.39 Å². The summed E-state index contributed by atoms with van der Waals surface area (Å²) in [6.07, 6.45) is -4.01. The quantitative estimate of drug-likeness (QED) is 0.651. The van der Waals surface area contributed by atoms with Crippen LogP contribution >= 0.6 is 0 Å². The molecule has 1 heterocycles. The lowest BCUT2D eigenvalue weighted by Gasteiger charge is -2.14. The molecule has 21 heavy (non-hydrogen) atoms. The lowest BCUT2D eigenvalue weighted by molar-refractivity contribution is -0.174. The number of benzene rings is 1. The Bertz CT molecular complexity index is 594. The second kappa shape index (κ2) is 6.44. The maximum Gasteiger partial charge on any atom is 0.411 e. The van der Waals surface area contributed by atoms with Crippen molar-refractivity contribution in [2.45, 2.75) is 18.6 Å². The highest BCUT2D eigenvalue weighted by atomic mass is 19.4. The summed E-state index contributed by atoms with van der Waals surface area (Å²) in [6.45, 7) is -1.33. The molecule has 1 atom stereocenters. The van der Waals surface area contributed by atoms with Crippen molar-refractivity contribution in [3.8, 4) is 0 Å². The summed E-state index contributed by atoms with van der Waals surface area (Å²) < 4.78 is 59.2. The van der Waals surface area contributed by atoms with Crippen LogP contribution in [-0.2, 0) is 4.74 Å². The fraction of sp³-hybridized carbons (Fsp3) is 0.429. The van der Waals surface area contributed by atoms with E-state index < -0.39 is 12.8 Å². The van der Waals surface area contributed by atoms with Gasteiger partial charge in [-0.15, -0.1) is 0 Å². The molecule has 1 N–H and O–H groups in total. The van der Waals surface area contributed by atoms with Crippen molar-refractivity contribution in [3.63, 3.8) is 0 Å². The smallest absolute Gasteiger partial charge is 0.411 e. The van der Waals surface area contributed by atoms with Crippen LogP contribution in [0.25, 0.3) is 11.0 Å². The van der Waals surface area contributed by atoms with Gasteiger partial charge in [0.1, 0.15) is 23.8 Å². The normalized spacial score (nSPS) is 13.8. The Morgan fingerprint density at radius 2 is 2.05 bits per heavy atom. The number of furan rings is 1. The van der Waals surface area contributed by atoms with Gasteiger partial charge >= 0.3 is 6.18 Å². The number of hydrogen-bond donors (Lipinski definition) is 1. The Balaban J connectivity index is 1.99. The summed E-state index contributed by atoms with van der Waals surface area (Å²) in [4.78, 5) is 0. The third-order valence-corrected chi connectivity index (χ3v) is 3.01. The lowest BCUT2D eigenvalue weighted by atomic mass is 10.1. The average molecular weight is 305 g/mol. The van der Waals surface area contributed by atoms with Gasteiger partial charge in [-0.3, -0.25) is 0 Å². The van der Waals surface area contributed by atoms with Crippen LogP contribution in [0.5, 0.6) is 0 Å². The molecule has 3 nitrogen and oxygen atoms in total. The lowest BCUT2D eigenvalue weighted by Crippen LogP contribution is -2.21. The first-order chi connectivity index (χ1) is 9.89. The fourth-order valence-corrected chi connectivity index (χ4v) is 2.02. The molecule has 2 aromatic rings. The van der Waals surface area contributed by atoms with Crippen LogP contribution < -0.4 is 5.32 Å². The topological polar surface area (TPSA) is 34.4 Å². The number of alkyl halides is 3. The fourth-order valence-electron chi connectivity index (χ4n) is 2.02. The number of nitrogens with one attached hydrogen (secondary N) is 1. The molecule has 0 saturated heterocycles. The Kier molecular flexibility index (Phi) is 4.84. The van der Waals surface area contributed by atoms with Crippen molar-refractivity contribution in [2.75, 3.05) is 20.3 Å². The maximum atomic E-state index is 13.1. The van der Waals surface area contributed by atoms with Crippen LogP contribution in [-0.4, -0.2) is 26.4 Å². The first kappa shape index (κ1) is 15.8. The van der Waals surface area contributed by atoms with Crippen molar-refractivity contribution in [1.82, 2.24) is 5.32 Å². The van der Waals surface area contributed by atoms with Gasteiger partial charge in [0, 0.05) is 12.0 Å². The van der Waals surface area contributed by atoms with Gasteiger partial charge in [0.25, 0.3) is 0 Å². The predicted molar refractivity (Wildman–Crippen MR) is 69.5 cm³/mol. The largest absolute Gasteiger partial charge is 0.459 e. The van der Waals surface area contributed by atoms with Gasteiger partial charge in [-0.2, -0.15) is 13.2 Å². The molecule has 0 aliphatic heterocycles.